The Morgan fingerprint density at radius 2 is 1.93 bits per heavy atom. The molecule has 0 aromatic rings. The lowest BCUT2D eigenvalue weighted by Crippen LogP contribution is -2.52. The van der Waals surface area contributed by atoms with E-state index in [2.05, 4.69) is 22.9 Å². The van der Waals surface area contributed by atoms with Gasteiger partial charge in [-0.05, 0) is 26.2 Å². The van der Waals surface area contributed by atoms with Crippen molar-refractivity contribution in [2.75, 3.05) is 6.61 Å². The molecule has 0 spiro atoms. The molecule has 0 N–H and O–H groups in total. The Hall–Kier alpha value is 0.400. The van der Waals surface area contributed by atoms with Crippen LogP contribution in [0.3, 0.4) is 0 Å². The predicted octanol–water partition coefficient (Wildman–Crippen LogP) is 3.28. The van der Waals surface area contributed by atoms with E-state index in [0.717, 1.165) is 13.0 Å². The standard InChI is InChI=1S/C12H21BrO2/c1-2-14-12-10(13)8-11(12)15-9-6-4-3-5-7-9/h9-12H,2-8H2,1H3. The van der Waals surface area contributed by atoms with E-state index in [0.29, 0.717) is 17.0 Å². The van der Waals surface area contributed by atoms with Gasteiger partial charge in [0.2, 0.25) is 0 Å². The van der Waals surface area contributed by atoms with Crippen LogP contribution >= 0.6 is 15.9 Å². The van der Waals surface area contributed by atoms with Crippen LogP contribution in [0.1, 0.15) is 45.4 Å². The zero-order valence-corrected chi connectivity index (χ0v) is 11.0. The van der Waals surface area contributed by atoms with E-state index in [9.17, 15) is 0 Å². The van der Waals surface area contributed by atoms with Crippen LogP contribution in [0.5, 0.6) is 0 Å². The Morgan fingerprint density at radius 1 is 1.20 bits per heavy atom. The van der Waals surface area contributed by atoms with E-state index in [1.165, 1.54) is 32.1 Å². The fraction of sp³-hybridized carbons (Fsp3) is 1.00. The minimum absolute atomic E-state index is 0.289. The number of halogens is 1. The number of hydrogen-bond acceptors (Lipinski definition) is 2. The van der Waals surface area contributed by atoms with Crippen LogP contribution in [0.4, 0.5) is 0 Å². The van der Waals surface area contributed by atoms with Gasteiger partial charge in [-0.25, -0.2) is 0 Å². The molecule has 15 heavy (non-hydrogen) atoms. The lowest BCUT2D eigenvalue weighted by Gasteiger charge is -2.43. The predicted molar refractivity (Wildman–Crippen MR) is 64.5 cm³/mol. The minimum atomic E-state index is 0.289. The van der Waals surface area contributed by atoms with Crippen LogP contribution in [0.2, 0.25) is 0 Å². The van der Waals surface area contributed by atoms with Gasteiger partial charge >= 0.3 is 0 Å². The Morgan fingerprint density at radius 3 is 2.53 bits per heavy atom. The second-order valence-corrected chi connectivity index (χ2v) is 5.78. The maximum Gasteiger partial charge on any atom is 0.0962 e. The van der Waals surface area contributed by atoms with Crippen molar-refractivity contribution in [3.8, 4) is 0 Å². The highest BCUT2D eigenvalue weighted by molar-refractivity contribution is 9.09. The molecule has 0 aromatic carbocycles. The van der Waals surface area contributed by atoms with E-state index >= 15 is 0 Å². The van der Waals surface area contributed by atoms with Gasteiger partial charge in [-0.1, -0.05) is 35.2 Å². The third-order valence-corrected chi connectivity index (χ3v) is 4.35. The molecule has 0 aromatic heterocycles. The van der Waals surface area contributed by atoms with E-state index < -0.39 is 0 Å². The van der Waals surface area contributed by atoms with Crippen LogP contribution in [-0.4, -0.2) is 29.7 Å². The van der Waals surface area contributed by atoms with Gasteiger partial charge in [0.25, 0.3) is 0 Å². The average molecular weight is 277 g/mol. The van der Waals surface area contributed by atoms with Crippen molar-refractivity contribution in [1.29, 1.82) is 0 Å². The molecule has 0 heterocycles. The first kappa shape index (κ1) is 11.9. The maximum absolute atomic E-state index is 6.11. The Balaban J connectivity index is 1.74. The van der Waals surface area contributed by atoms with Crippen molar-refractivity contribution < 1.29 is 9.47 Å². The molecule has 2 rings (SSSR count). The first-order chi connectivity index (χ1) is 7.31. The third kappa shape index (κ3) is 2.95. The molecule has 2 saturated carbocycles. The highest BCUT2D eigenvalue weighted by Crippen LogP contribution is 2.35. The molecule has 2 aliphatic rings. The van der Waals surface area contributed by atoms with Gasteiger partial charge in [0, 0.05) is 11.4 Å². The van der Waals surface area contributed by atoms with Crippen molar-refractivity contribution >= 4 is 15.9 Å². The van der Waals surface area contributed by atoms with E-state index in [-0.39, 0.29) is 6.10 Å². The summed E-state index contributed by atoms with van der Waals surface area (Å²) in [7, 11) is 0. The molecule has 0 radical (unpaired) electrons. The fourth-order valence-electron chi connectivity index (χ4n) is 2.51. The van der Waals surface area contributed by atoms with Gasteiger partial charge in [0.15, 0.2) is 0 Å². The second-order valence-electron chi connectivity index (χ2n) is 4.61. The molecule has 0 aliphatic heterocycles. The van der Waals surface area contributed by atoms with Crippen molar-refractivity contribution in [1.82, 2.24) is 0 Å². The van der Waals surface area contributed by atoms with Gasteiger partial charge in [-0.2, -0.15) is 0 Å². The molecule has 0 amide bonds. The van der Waals surface area contributed by atoms with E-state index in [1.54, 1.807) is 0 Å². The summed E-state index contributed by atoms with van der Waals surface area (Å²) in [5, 5.41) is 0. The smallest absolute Gasteiger partial charge is 0.0962 e. The average Bonchev–Trinajstić information content (AvgIpc) is 2.27. The molecule has 2 fully saturated rings. The molecule has 2 aliphatic carbocycles. The number of alkyl halides is 1. The zero-order chi connectivity index (χ0) is 10.7. The third-order valence-electron chi connectivity index (χ3n) is 3.46. The molecule has 3 heteroatoms. The summed E-state index contributed by atoms with van der Waals surface area (Å²) < 4.78 is 11.8. The monoisotopic (exact) mass is 276 g/mol. The minimum Gasteiger partial charge on any atom is -0.375 e. The summed E-state index contributed by atoms with van der Waals surface area (Å²) in [6, 6.07) is 0. The second kappa shape index (κ2) is 5.65. The summed E-state index contributed by atoms with van der Waals surface area (Å²) in [6.07, 6.45) is 8.83. The topological polar surface area (TPSA) is 18.5 Å². The van der Waals surface area contributed by atoms with Crippen molar-refractivity contribution in [2.45, 2.75) is 68.6 Å². The summed E-state index contributed by atoms with van der Waals surface area (Å²) in [5.74, 6) is 0. The molecule has 2 nitrogen and oxygen atoms in total. The molecular weight excluding hydrogens is 256 g/mol. The highest BCUT2D eigenvalue weighted by Gasteiger charge is 2.42. The van der Waals surface area contributed by atoms with Crippen molar-refractivity contribution in [3.63, 3.8) is 0 Å². The summed E-state index contributed by atoms with van der Waals surface area (Å²) in [4.78, 5) is 0.506. The number of rotatable bonds is 4. The van der Waals surface area contributed by atoms with Crippen molar-refractivity contribution in [3.05, 3.63) is 0 Å². The fourth-order valence-corrected chi connectivity index (χ4v) is 3.37. The van der Waals surface area contributed by atoms with E-state index in [4.69, 9.17) is 9.47 Å². The van der Waals surface area contributed by atoms with Crippen LogP contribution in [0.25, 0.3) is 0 Å². The molecule has 0 saturated heterocycles. The SMILES string of the molecule is CCOC1C(Br)CC1OC1CCCCC1. The summed E-state index contributed by atoms with van der Waals surface area (Å²) in [6.45, 7) is 2.84. The Bertz CT molecular complexity index is 192. The lowest BCUT2D eigenvalue weighted by molar-refractivity contribution is -0.149. The number of ether oxygens (including phenoxy) is 2. The van der Waals surface area contributed by atoms with Crippen molar-refractivity contribution in [2.24, 2.45) is 0 Å². The zero-order valence-electron chi connectivity index (χ0n) is 9.45. The van der Waals surface area contributed by atoms with Crippen LogP contribution in [-0.2, 0) is 9.47 Å². The molecule has 3 atom stereocenters. The van der Waals surface area contributed by atoms with Crippen LogP contribution in [0.15, 0.2) is 0 Å². The first-order valence-corrected chi connectivity index (χ1v) is 7.14. The first-order valence-electron chi connectivity index (χ1n) is 6.22. The van der Waals surface area contributed by atoms with Gasteiger partial charge < -0.3 is 9.47 Å². The maximum atomic E-state index is 6.11. The highest BCUT2D eigenvalue weighted by atomic mass is 79.9. The quantitative estimate of drug-likeness (QED) is 0.734. The van der Waals surface area contributed by atoms with Crippen LogP contribution in [0, 0.1) is 0 Å². The van der Waals surface area contributed by atoms with Gasteiger partial charge in [-0.3, -0.25) is 0 Å². The molecule has 88 valence electrons. The Kier molecular flexibility index (Phi) is 4.47. The Labute approximate surface area is 101 Å². The van der Waals surface area contributed by atoms with Gasteiger partial charge in [0.1, 0.15) is 0 Å². The van der Waals surface area contributed by atoms with E-state index in [1.807, 2.05) is 0 Å². The van der Waals surface area contributed by atoms with Gasteiger partial charge in [-0.15, -0.1) is 0 Å². The molecule has 3 unspecified atom stereocenters. The summed E-state index contributed by atoms with van der Waals surface area (Å²) >= 11 is 3.63. The lowest BCUT2D eigenvalue weighted by atomic mass is 9.90. The normalized spacial score (nSPS) is 37.6. The van der Waals surface area contributed by atoms with Gasteiger partial charge in [0.05, 0.1) is 18.3 Å². The van der Waals surface area contributed by atoms with Crippen LogP contribution < -0.4 is 0 Å². The molecule has 0 bridgehead atoms. The number of hydrogen-bond donors (Lipinski definition) is 0. The largest absolute Gasteiger partial charge is 0.375 e. The summed E-state index contributed by atoms with van der Waals surface area (Å²) in [5.41, 5.74) is 0. The molecular formula is C12H21BrO2.